The Hall–Kier alpha value is -3.51. The number of ether oxygens (including phenoxy) is 1. The van der Waals surface area contributed by atoms with Crippen LogP contribution in [0.15, 0.2) is 47.4 Å². The van der Waals surface area contributed by atoms with Gasteiger partial charge in [0, 0.05) is 36.6 Å². The lowest BCUT2D eigenvalue weighted by Gasteiger charge is -2.28. The Morgan fingerprint density at radius 1 is 0.956 bits per heavy atom. The lowest BCUT2D eigenvalue weighted by Crippen LogP contribution is -2.54. The number of benzene rings is 1. The van der Waals surface area contributed by atoms with E-state index in [1.54, 1.807) is 35.0 Å². The summed E-state index contributed by atoms with van der Waals surface area (Å²) < 4.78 is 5.40. The van der Waals surface area contributed by atoms with E-state index in [4.69, 9.17) is 4.74 Å². The number of hydrogen-bond donors (Lipinski definition) is 3. The molecular weight excluding hydrogens is 609 g/mol. The lowest BCUT2D eigenvalue weighted by atomic mass is 9.96. The number of nitrogens with zero attached hydrogens (tertiary/aromatic N) is 3. The summed E-state index contributed by atoms with van der Waals surface area (Å²) in [6, 6.07) is 8.66. The molecule has 3 rings (SSSR count). The summed E-state index contributed by atoms with van der Waals surface area (Å²) in [5, 5.41) is 12.2. The second-order valence-corrected chi connectivity index (χ2v) is 13.9. The minimum Gasteiger partial charge on any atom is -0.444 e. The molecular formula is C33H48N6O4S2. The molecule has 3 N–H and O–H groups in total. The Bertz CT molecular complexity index is 1320. The van der Waals surface area contributed by atoms with Crippen molar-refractivity contribution in [3.63, 3.8) is 0 Å². The summed E-state index contributed by atoms with van der Waals surface area (Å²) in [5.74, 6) is -0.0291. The fourth-order valence-corrected chi connectivity index (χ4v) is 6.20. The van der Waals surface area contributed by atoms with Crippen LogP contribution in [0.2, 0.25) is 0 Å². The average Bonchev–Trinajstić information content (AvgIpc) is 3.70. The van der Waals surface area contributed by atoms with E-state index in [1.807, 2.05) is 49.6 Å². The zero-order valence-electron chi connectivity index (χ0n) is 27.2. The zero-order valence-corrected chi connectivity index (χ0v) is 28.9. The number of thiazole rings is 2. The molecule has 45 heavy (non-hydrogen) atoms. The van der Waals surface area contributed by atoms with E-state index < -0.39 is 12.1 Å². The highest BCUT2D eigenvalue weighted by Gasteiger charge is 2.28. The van der Waals surface area contributed by atoms with Crippen LogP contribution in [0.4, 0.5) is 9.59 Å². The predicted molar refractivity (Wildman–Crippen MR) is 180 cm³/mol. The second kappa shape index (κ2) is 18.5. The van der Waals surface area contributed by atoms with Crippen LogP contribution in [0.25, 0.3) is 0 Å². The number of aromatic nitrogens is 2. The number of carbonyl (C=O) groups is 3. The first-order valence-electron chi connectivity index (χ1n) is 15.7. The van der Waals surface area contributed by atoms with Crippen LogP contribution in [-0.2, 0) is 29.1 Å². The van der Waals surface area contributed by atoms with E-state index in [9.17, 15) is 14.4 Å². The van der Waals surface area contributed by atoms with Gasteiger partial charge in [-0.3, -0.25) is 9.78 Å². The minimum absolute atomic E-state index is 0.102. The third kappa shape index (κ3) is 12.4. The highest BCUT2D eigenvalue weighted by molar-refractivity contribution is 7.09. The van der Waals surface area contributed by atoms with Crippen LogP contribution in [0, 0.1) is 5.92 Å². The SMILES string of the molecule is CCC[C@@H](CC[C@H](Cc1ccccc1)NC(=O)[C@@H](NC(=O)N(C)Cc1csc(C(C)C)n1)C(C)C)NC(=O)OCc1cncs1. The van der Waals surface area contributed by atoms with Crippen molar-refractivity contribution in [1.29, 1.82) is 0 Å². The number of carbonyl (C=O) groups excluding carboxylic acids is 3. The second-order valence-electron chi connectivity index (χ2n) is 12.0. The molecule has 0 radical (unpaired) electrons. The van der Waals surface area contributed by atoms with Crippen molar-refractivity contribution in [2.24, 2.45) is 5.92 Å². The van der Waals surface area contributed by atoms with Gasteiger partial charge < -0.3 is 25.6 Å². The largest absolute Gasteiger partial charge is 0.444 e. The van der Waals surface area contributed by atoms with Crippen molar-refractivity contribution in [2.75, 3.05) is 7.05 Å². The summed E-state index contributed by atoms with van der Waals surface area (Å²) in [6.45, 7) is 10.6. The van der Waals surface area contributed by atoms with Crippen molar-refractivity contribution in [3.05, 3.63) is 68.6 Å². The van der Waals surface area contributed by atoms with Crippen molar-refractivity contribution in [3.8, 4) is 0 Å². The van der Waals surface area contributed by atoms with Gasteiger partial charge in [-0.2, -0.15) is 0 Å². The predicted octanol–water partition coefficient (Wildman–Crippen LogP) is 6.49. The molecule has 0 saturated carbocycles. The van der Waals surface area contributed by atoms with Gasteiger partial charge >= 0.3 is 12.1 Å². The molecule has 0 fully saturated rings. The first kappa shape index (κ1) is 36.0. The van der Waals surface area contributed by atoms with Crippen molar-refractivity contribution >= 4 is 40.7 Å². The molecule has 12 heteroatoms. The maximum Gasteiger partial charge on any atom is 0.407 e. The highest BCUT2D eigenvalue weighted by Crippen LogP contribution is 2.20. The molecule has 10 nitrogen and oxygen atoms in total. The van der Waals surface area contributed by atoms with Crippen LogP contribution in [0.1, 0.15) is 87.4 Å². The topological polar surface area (TPSA) is 126 Å². The molecule has 0 saturated heterocycles. The van der Waals surface area contributed by atoms with Crippen LogP contribution in [-0.4, -0.2) is 58.1 Å². The molecule has 2 heterocycles. The van der Waals surface area contributed by atoms with Gasteiger partial charge in [0.15, 0.2) is 0 Å². The fraction of sp³-hybridized carbons (Fsp3) is 0.545. The molecule has 3 atom stereocenters. The van der Waals surface area contributed by atoms with Crippen LogP contribution in [0.5, 0.6) is 0 Å². The summed E-state index contributed by atoms with van der Waals surface area (Å²) >= 11 is 3.03. The van der Waals surface area contributed by atoms with Crippen molar-refractivity contribution < 1.29 is 19.1 Å². The Kier molecular flexibility index (Phi) is 14.8. The summed E-state index contributed by atoms with van der Waals surface area (Å²) in [7, 11) is 1.71. The Labute approximate surface area is 275 Å². The van der Waals surface area contributed by atoms with Gasteiger partial charge in [0.25, 0.3) is 0 Å². The van der Waals surface area contributed by atoms with Crippen LogP contribution in [0.3, 0.4) is 0 Å². The molecule has 0 aliphatic rings. The summed E-state index contributed by atoms with van der Waals surface area (Å²) in [4.78, 5) is 50.4. The molecule has 0 aliphatic carbocycles. The molecule has 0 spiro atoms. The Morgan fingerprint density at radius 3 is 2.31 bits per heavy atom. The first-order valence-corrected chi connectivity index (χ1v) is 17.4. The number of nitrogens with one attached hydrogen (secondary N) is 3. The quantitative estimate of drug-likeness (QED) is 0.153. The van der Waals surface area contributed by atoms with Gasteiger partial charge in [0.1, 0.15) is 12.6 Å². The Balaban J connectivity index is 1.63. The maximum atomic E-state index is 13.7. The zero-order chi connectivity index (χ0) is 32.8. The molecule has 0 bridgehead atoms. The molecule has 246 valence electrons. The van der Waals surface area contributed by atoms with Gasteiger partial charge in [0.2, 0.25) is 5.91 Å². The minimum atomic E-state index is -0.717. The highest BCUT2D eigenvalue weighted by atomic mass is 32.1. The molecule has 1 aromatic carbocycles. The first-order chi connectivity index (χ1) is 21.5. The number of hydrogen-bond acceptors (Lipinski definition) is 8. The number of amides is 4. The van der Waals surface area contributed by atoms with Gasteiger partial charge in [0.05, 0.1) is 27.6 Å². The molecule has 3 aromatic rings. The normalized spacial score (nSPS) is 13.2. The fourth-order valence-electron chi connectivity index (χ4n) is 4.87. The molecule has 2 aromatic heterocycles. The van der Waals surface area contributed by atoms with E-state index in [0.29, 0.717) is 31.7 Å². The van der Waals surface area contributed by atoms with E-state index >= 15 is 0 Å². The maximum absolute atomic E-state index is 13.7. The van der Waals surface area contributed by atoms with Crippen LogP contribution >= 0.6 is 22.7 Å². The number of urea groups is 1. The number of alkyl carbamates (subject to hydrolysis) is 1. The standard InChI is InChI=1S/C33H48N6O4S2/c1-7-11-25(37-33(42)43-19-28-17-34-21-45-28)14-15-26(16-24-12-9-8-10-13-24)35-30(40)29(22(2)3)38-32(41)39(6)18-27-20-44-31(36-27)23(4)5/h8-10,12-13,17,20-23,25-26,29H,7,11,14-16,18-19H2,1-6H3,(H,35,40)(H,37,42)(H,38,41)/t25-,26+,29-/m0/s1. The summed E-state index contributed by atoms with van der Waals surface area (Å²) in [5.41, 5.74) is 3.63. The van der Waals surface area contributed by atoms with Gasteiger partial charge in [-0.1, -0.05) is 71.4 Å². The van der Waals surface area contributed by atoms with Gasteiger partial charge in [-0.15, -0.1) is 22.7 Å². The van der Waals surface area contributed by atoms with Crippen molar-refractivity contribution in [2.45, 2.75) is 104 Å². The molecule has 0 aliphatic heterocycles. The smallest absolute Gasteiger partial charge is 0.407 e. The van der Waals surface area contributed by atoms with E-state index in [2.05, 4.69) is 46.7 Å². The lowest BCUT2D eigenvalue weighted by molar-refractivity contribution is -0.124. The summed E-state index contributed by atoms with van der Waals surface area (Å²) in [6.07, 6.45) is 4.83. The van der Waals surface area contributed by atoms with Crippen LogP contribution < -0.4 is 16.0 Å². The molecule has 0 unspecified atom stereocenters. The van der Waals surface area contributed by atoms with Gasteiger partial charge in [-0.25, -0.2) is 14.6 Å². The molecule has 4 amide bonds. The third-order valence-electron chi connectivity index (χ3n) is 7.36. The monoisotopic (exact) mass is 656 g/mol. The Morgan fingerprint density at radius 2 is 1.69 bits per heavy atom. The van der Waals surface area contributed by atoms with E-state index in [0.717, 1.165) is 34.0 Å². The van der Waals surface area contributed by atoms with Crippen molar-refractivity contribution in [1.82, 2.24) is 30.8 Å². The number of rotatable bonds is 17. The van der Waals surface area contributed by atoms with E-state index in [-0.39, 0.29) is 36.5 Å². The van der Waals surface area contributed by atoms with E-state index in [1.165, 1.54) is 11.3 Å². The van der Waals surface area contributed by atoms with Gasteiger partial charge in [-0.05, 0) is 37.2 Å². The third-order valence-corrected chi connectivity index (χ3v) is 9.31. The average molecular weight is 657 g/mol.